The number of hydrogen-bond acceptors (Lipinski definition) is 5. The summed E-state index contributed by atoms with van der Waals surface area (Å²) in [6, 6.07) is 1.99. The van der Waals surface area contributed by atoms with Crippen molar-refractivity contribution in [1.29, 1.82) is 0 Å². The molecular weight excluding hydrogens is 242 g/mol. The minimum atomic E-state index is 0.0680. The molecule has 0 bridgehead atoms. The van der Waals surface area contributed by atoms with E-state index in [-0.39, 0.29) is 6.04 Å². The molecule has 0 aliphatic rings. The summed E-state index contributed by atoms with van der Waals surface area (Å²) in [7, 11) is 0. The zero-order valence-corrected chi connectivity index (χ0v) is 11.5. The SMILES string of the molecule is CCCCc1noc(C(C)NCCn2cccn2)n1. The Morgan fingerprint density at radius 3 is 3.11 bits per heavy atom. The van der Waals surface area contributed by atoms with E-state index in [0.29, 0.717) is 5.89 Å². The summed E-state index contributed by atoms with van der Waals surface area (Å²) < 4.78 is 7.15. The fourth-order valence-corrected chi connectivity index (χ4v) is 1.80. The molecule has 1 unspecified atom stereocenters. The van der Waals surface area contributed by atoms with E-state index in [9.17, 15) is 0 Å². The third kappa shape index (κ3) is 4.17. The highest BCUT2D eigenvalue weighted by Gasteiger charge is 2.13. The number of aryl methyl sites for hydroxylation is 1. The van der Waals surface area contributed by atoms with Crippen LogP contribution in [0.3, 0.4) is 0 Å². The molecule has 0 aliphatic heterocycles. The lowest BCUT2D eigenvalue weighted by atomic mass is 10.2. The lowest BCUT2D eigenvalue weighted by molar-refractivity contribution is 0.333. The van der Waals surface area contributed by atoms with Gasteiger partial charge in [-0.15, -0.1) is 0 Å². The van der Waals surface area contributed by atoms with Crippen LogP contribution in [0.2, 0.25) is 0 Å². The molecule has 0 fully saturated rings. The first kappa shape index (κ1) is 13.7. The van der Waals surface area contributed by atoms with E-state index < -0.39 is 0 Å². The second-order valence-electron chi connectivity index (χ2n) is 4.60. The number of rotatable bonds is 8. The molecule has 2 aromatic heterocycles. The van der Waals surface area contributed by atoms with Gasteiger partial charge in [0.1, 0.15) is 0 Å². The van der Waals surface area contributed by atoms with Gasteiger partial charge in [-0.2, -0.15) is 10.1 Å². The van der Waals surface area contributed by atoms with E-state index in [1.54, 1.807) is 6.20 Å². The molecule has 2 heterocycles. The van der Waals surface area contributed by atoms with Gasteiger partial charge < -0.3 is 9.84 Å². The van der Waals surface area contributed by atoms with E-state index in [1.165, 1.54) is 0 Å². The zero-order chi connectivity index (χ0) is 13.5. The van der Waals surface area contributed by atoms with Crippen LogP contribution in [0.1, 0.15) is 44.4 Å². The van der Waals surface area contributed by atoms with Crippen LogP contribution in [0, 0.1) is 0 Å². The Hall–Kier alpha value is -1.69. The molecule has 0 saturated carbocycles. The second-order valence-corrected chi connectivity index (χ2v) is 4.60. The maximum atomic E-state index is 5.27. The second kappa shape index (κ2) is 7.04. The number of nitrogens with zero attached hydrogens (tertiary/aromatic N) is 4. The van der Waals surface area contributed by atoms with Crippen molar-refractivity contribution >= 4 is 0 Å². The Bertz CT molecular complexity index is 465. The van der Waals surface area contributed by atoms with Crippen molar-refractivity contribution in [2.24, 2.45) is 0 Å². The van der Waals surface area contributed by atoms with E-state index in [4.69, 9.17) is 4.52 Å². The highest BCUT2D eigenvalue weighted by atomic mass is 16.5. The first-order chi connectivity index (χ1) is 9.29. The van der Waals surface area contributed by atoms with Crippen LogP contribution in [-0.4, -0.2) is 26.5 Å². The van der Waals surface area contributed by atoms with Gasteiger partial charge in [-0.05, 0) is 19.4 Å². The fraction of sp³-hybridized carbons (Fsp3) is 0.615. The predicted molar refractivity (Wildman–Crippen MR) is 71.6 cm³/mol. The fourth-order valence-electron chi connectivity index (χ4n) is 1.80. The first-order valence-corrected chi connectivity index (χ1v) is 6.83. The standard InChI is InChI=1S/C13H21N5O/c1-3-4-6-12-16-13(19-17-12)11(2)14-8-10-18-9-5-7-15-18/h5,7,9,11,14H,3-4,6,8,10H2,1-2H3. The molecule has 104 valence electrons. The molecule has 2 rings (SSSR count). The molecule has 0 aromatic carbocycles. The molecule has 2 aromatic rings. The van der Waals surface area contributed by atoms with Crippen molar-refractivity contribution in [3.63, 3.8) is 0 Å². The molecule has 1 atom stereocenters. The Kier molecular flexibility index (Phi) is 5.09. The van der Waals surface area contributed by atoms with Gasteiger partial charge in [-0.25, -0.2) is 0 Å². The topological polar surface area (TPSA) is 68.8 Å². The van der Waals surface area contributed by atoms with Crippen LogP contribution in [0.5, 0.6) is 0 Å². The summed E-state index contributed by atoms with van der Waals surface area (Å²) in [5, 5.41) is 11.5. The lowest BCUT2D eigenvalue weighted by Crippen LogP contribution is -2.23. The van der Waals surface area contributed by atoms with Crippen molar-refractivity contribution in [1.82, 2.24) is 25.2 Å². The van der Waals surface area contributed by atoms with Gasteiger partial charge in [0.2, 0.25) is 5.89 Å². The average molecular weight is 263 g/mol. The molecule has 19 heavy (non-hydrogen) atoms. The smallest absolute Gasteiger partial charge is 0.243 e. The molecule has 6 nitrogen and oxygen atoms in total. The van der Waals surface area contributed by atoms with Crippen molar-refractivity contribution in [2.45, 2.75) is 45.7 Å². The molecule has 0 spiro atoms. The van der Waals surface area contributed by atoms with Crippen LogP contribution in [0.15, 0.2) is 23.0 Å². The minimum absolute atomic E-state index is 0.0680. The van der Waals surface area contributed by atoms with Crippen LogP contribution in [-0.2, 0) is 13.0 Å². The monoisotopic (exact) mass is 263 g/mol. The molecule has 0 radical (unpaired) electrons. The van der Waals surface area contributed by atoms with Gasteiger partial charge in [0.15, 0.2) is 5.82 Å². The third-order valence-corrected chi connectivity index (χ3v) is 2.96. The Labute approximate surface area is 113 Å². The maximum absolute atomic E-state index is 5.27. The summed E-state index contributed by atoms with van der Waals surface area (Å²) in [5.74, 6) is 1.46. The Morgan fingerprint density at radius 2 is 2.37 bits per heavy atom. The van der Waals surface area contributed by atoms with Crippen molar-refractivity contribution < 1.29 is 4.52 Å². The normalized spacial score (nSPS) is 12.7. The lowest BCUT2D eigenvalue weighted by Gasteiger charge is -2.09. The third-order valence-electron chi connectivity index (χ3n) is 2.96. The van der Waals surface area contributed by atoms with Crippen molar-refractivity contribution in [3.05, 3.63) is 30.2 Å². The molecule has 6 heteroatoms. The van der Waals surface area contributed by atoms with Gasteiger partial charge >= 0.3 is 0 Å². The molecule has 0 aliphatic carbocycles. The van der Waals surface area contributed by atoms with Gasteiger partial charge in [0.05, 0.1) is 12.6 Å². The number of unbranched alkanes of at least 4 members (excludes halogenated alkanes) is 1. The maximum Gasteiger partial charge on any atom is 0.243 e. The van der Waals surface area contributed by atoms with Gasteiger partial charge in [-0.3, -0.25) is 4.68 Å². The number of aromatic nitrogens is 4. The van der Waals surface area contributed by atoms with Crippen molar-refractivity contribution in [3.8, 4) is 0 Å². The van der Waals surface area contributed by atoms with Gasteiger partial charge in [0, 0.05) is 25.4 Å². The highest BCUT2D eigenvalue weighted by molar-refractivity contribution is 4.91. The summed E-state index contributed by atoms with van der Waals surface area (Å²) in [6.07, 6.45) is 6.85. The molecule has 0 saturated heterocycles. The summed E-state index contributed by atoms with van der Waals surface area (Å²) in [5.41, 5.74) is 0. The van der Waals surface area contributed by atoms with Crippen molar-refractivity contribution in [2.75, 3.05) is 6.54 Å². The zero-order valence-electron chi connectivity index (χ0n) is 11.5. The number of hydrogen-bond donors (Lipinski definition) is 1. The van der Waals surface area contributed by atoms with E-state index in [2.05, 4.69) is 27.5 Å². The summed E-state index contributed by atoms with van der Waals surface area (Å²) in [4.78, 5) is 4.40. The Morgan fingerprint density at radius 1 is 1.47 bits per heavy atom. The molecular formula is C13H21N5O. The van der Waals surface area contributed by atoms with E-state index in [0.717, 1.165) is 38.2 Å². The van der Waals surface area contributed by atoms with E-state index in [1.807, 2.05) is 23.9 Å². The van der Waals surface area contributed by atoms with Crippen LogP contribution >= 0.6 is 0 Å². The number of nitrogens with one attached hydrogen (secondary N) is 1. The predicted octanol–water partition coefficient (Wildman–Crippen LogP) is 1.96. The van der Waals surface area contributed by atoms with Crippen LogP contribution in [0.4, 0.5) is 0 Å². The molecule has 1 N–H and O–H groups in total. The van der Waals surface area contributed by atoms with Gasteiger partial charge in [0.25, 0.3) is 0 Å². The van der Waals surface area contributed by atoms with Crippen LogP contribution < -0.4 is 5.32 Å². The Balaban J connectivity index is 1.75. The first-order valence-electron chi connectivity index (χ1n) is 6.83. The summed E-state index contributed by atoms with van der Waals surface area (Å²) >= 11 is 0. The van der Waals surface area contributed by atoms with Gasteiger partial charge in [-0.1, -0.05) is 18.5 Å². The minimum Gasteiger partial charge on any atom is -0.338 e. The largest absolute Gasteiger partial charge is 0.338 e. The molecule has 0 amide bonds. The average Bonchev–Trinajstić information content (AvgIpc) is 3.07. The quantitative estimate of drug-likeness (QED) is 0.788. The van der Waals surface area contributed by atoms with E-state index >= 15 is 0 Å². The summed E-state index contributed by atoms with van der Waals surface area (Å²) in [6.45, 7) is 5.82. The van der Waals surface area contributed by atoms with Crippen LogP contribution in [0.25, 0.3) is 0 Å². The highest BCUT2D eigenvalue weighted by Crippen LogP contribution is 2.10.